The number of rotatable bonds is 5. The number of aryl methyl sites for hydroxylation is 1. The van der Waals surface area contributed by atoms with Crippen LogP contribution < -0.4 is 5.32 Å². The van der Waals surface area contributed by atoms with Gasteiger partial charge in [0, 0.05) is 29.2 Å². The first-order valence-electron chi connectivity index (χ1n) is 8.58. The number of hydrogen-bond acceptors (Lipinski definition) is 4. The fourth-order valence-corrected chi connectivity index (χ4v) is 4.03. The van der Waals surface area contributed by atoms with Gasteiger partial charge in [-0.05, 0) is 55.9 Å². The fourth-order valence-electron chi connectivity index (χ4n) is 2.98. The van der Waals surface area contributed by atoms with Crippen LogP contribution in [0.5, 0.6) is 0 Å². The van der Waals surface area contributed by atoms with Gasteiger partial charge >= 0.3 is 0 Å². The Bertz CT molecular complexity index is 652. The van der Waals surface area contributed by atoms with Gasteiger partial charge in [-0.2, -0.15) is 0 Å². The molecular formula is C19H23N3OS. The molecule has 1 aromatic heterocycles. The van der Waals surface area contributed by atoms with Gasteiger partial charge in [0.2, 0.25) is 0 Å². The van der Waals surface area contributed by atoms with Gasteiger partial charge in [-0.3, -0.25) is 4.79 Å². The van der Waals surface area contributed by atoms with Gasteiger partial charge in [-0.25, -0.2) is 9.97 Å². The molecule has 0 radical (unpaired) electrons. The SMILES string of the molecule is CCc1ccc(C(=O)NC2CCC(Sc3ncccn3)CC2)cc1. The Balaban J connectivity index is 1.47. The maximum atomic E-state index is 12.3. The van der Waals surface area contributed by atoms with E-state index < -0.39 is 0 Å². The highest BCUT2D eigenvalue weighted by atomic mass is 32.2. The number of hydrogen-bond donors (Lipinski definition) is 1. The molecule has 126 valence electrons. The van der Waals surface area contributed by atoms with Crippen molar-refractivity contribution in [1.82, 2.24) is 15.3 Å². The van der Waals surface area contributed by atoms with E-state index >= 15 is 0 Å². The van der Waals surface area contributed by atoms with Crippen LogP contribution in [0.1, 0.15) is 48.5 Å². The number of carbonyl (C=O) groups is 1. The standard InChI is InChI=1S/C19H23N3OS/c1-2-14-4-6-15(7-5-14)18(23)22-16-8-10-17(11-9-16)24-19-20-12-3-13-21-19/h3-7,12-13,16-17H,2,8-11H2,1H3,(H,22,23). The van der Waals surface area contributed by atoms with Crippen LogP contribution in [0.15, 0.2) is 47.9 Å². The molecule has 24 heavy (non-hydrogen) atoms. The maximum absolute atomic E-state index is 12.3. The van der Waals surface area contributed by atoms with Gasteiger partial charge in [0.15, 0.2) is 5.16 Å². The molecule has 1 aliphatic carbocycles. The molecule has 1 fully saturated rings. The molecule has 1 N–H and O–H groups in total. The van der Waals surface area contributed by atoms with Gasteiger partial charge in [-0.1, -0.05) is 30.8 Å². The van der Waals surface area contributed by atoms with E-state index in [1.54, 1.807) is 24.2 Å². The Morgan fingerprint density at radius 2 is 1.79 bits per heavy atom. The van der Waals surface area contributed by atoms with Gasteiger partial charge < -0.3 is 5.32 Å². The van der Waals surface area contributed by atoms with Crippen molar-refractivity contribution in [1.29, 1.82) is 0 Å². The molecule has 0 spiro atoms. The number of thioether (sulfide) groups is 1. The predicted octanol–water partition coefficient (Wildman–Crippen LogP) is 3.87. The monoisotopic (exact) mass is 341 g/mol. The number of aromatic nitrogens is 2. The second-order valence-electron chi connectivity index (χ2n) is 6.15. The number of amides is 1. The lowest BCUT2D eigenvalue weighted by atomic mass is 9.94. The average molecular weight is 341 g/mol. The lowest BCUT2D eigenvalue weighted by Crippen LogP contribution is -2.38. The topological polar surface area (TPSA) is 54.9 Å². The zero-order valence-corrected chi connectivity index (χ0v) is 14.8. The molecule has 0 atom stereocenters. The number of benzene rings is 1. The minimum atomic E-state index is 0.0418. The third-order valence-electron chi connectivity index (χ3n) is 4.45. The van der Waals surface area contributed by atoms with E-state index in [2.05, 4.69) is 22.2 Å². The van der Waals surface area contributed by atoms with Crippen molar-refractivity contribution in [2.24, 2.45) is 0 Å². The van der Waals surface area contributed by atoms with Gasteiger partial charge in [-0.15, -0.1) is 0 Å². The molecule has 5 heteroatoms. The summed E-state index contributed by atoms with van der Waals surface area (Å²) in [4.78, 5) is 20.9. The summed E-state index contributed by atoms with van der Waals surface area (Å²) in [5.41, 5.74) is 2.01. The summed E-state index contributed by atoms with van der Waals surface area (Å²) < 4.78 is 0. The highest BCUT2D eigenvalue weighted by molar-refractivity contribution is 7.99. The Morgan fingerprint density at radius 3 is 2.42 bits per heavy atom. The van der Waals surface area contributed by atoms with E-state index in [9.17, 15) is 4.79 Å². The summed E-state index contributed by atoms with van der Waals surface area (Å²) in [6, 6.07) is 10.0. The van der Waals surface area contributed by atoms with Gasteiger partial charge in [0.1, 0.15) is 0 Å². The molecule has 3 rings (SSSR count). The van der Waals surface area contributed by atoms with Gasteiger partial charge in [0.25, 0.3) is 5.91 Å². The van der Waals surface area contributed by atoms with Crippen molar-refractivity contribution < 1.29 is 4.79 Å². The Morgan fingerprint density at radius 1 is 1.12 bits per heavy atom. The zero-order chi connectivity index (χ0) is 16.8. The second kappa shape index (κ2) is 8.29. The van der Waals surface area contributed by atoms with Crippen LogP contribution in [-0.2, 0) is 6.42 Å². The van der Waals surface area contributed by atoms with Crippen molar-refractivity contribution >= 4 is 17.7 Å². The highest BCUT2D eigenvalue weighted by Crippen LogP contribution is 2.31. The van der Waals surface area contributed by atoms with Crippen LogP contribution in [-0.4, -0.2) is 27.2 Å². The van der Waals surface area contributed by atoms with E-state index in [1.807, 2.05) is 30.3 Å². The van der Waals surface area contributed by atoms with Crippen molar-refractivity contribution in [2.75, 3.05) is 0 Å². The van der Waals surface area contributed by atoms with Crippen LogP contribution >= 0.6 is 11.8 Å². The molecule has 1 aliphatic rings. The van der Waals surface area contributed by atoms with Crippen LogP contribution in [0, 0.1) is 0 Å². The lowest BCUT2D eigenvalue weighted by molar-refractivity contribution is 0.0928. The van der Waals surface area contributed by atoms with Crippen LogP contribution in [0.3, 0.4) is 0 Å². The smallest absolute Gasteiger partial charge is 0.251 e. The predicted molar refractivity (Wildman–Crippen MR) is 97.2 cm³/mol. The third-order valence-corrected chi connectivity index (χ3v) is 5.67. The normalized spacial score (nSPS) is 20.5. The third kappa shape index (κ3) is 4.57. The van der Waals surface area contributed by atoms with Crippen LogP contribution in [0.25, 0.3) is 0 Å². The molecule has 4 nitrogen and oxygen atoms in total. The molecule has 1 saturated carbocycles. The molecule has 0 aliphatic heterocycles. The van der Waals surface area contributed by atoms with Crippen molar-refractivity contribution in [2.45, 2.75) is 55.5 Å². The summed E-state index contributed by atoms with van der Waals surface area (Å²) in [7, 11) is 0. The average Bonchev–Trinajstić information content (AvgIpc) is 2.64. The molecule has 0 bridgehead atoms. The van der Waals surface area contributed by atoms with Crippen LogP contribution in [0.4, 0.5) is 0 Å². The fraction of sp³-hybridized carbons (Fsp3) is 0.421. The van der Waals surface area contributed by atoms with E-state index in [0.29, 0.717) is 5.25 Å². The Hall–Kier alpha value is -1.88. The first-order chi connectivity index (χ1) is 11.7. The summed E-state index contributed by atoms with van der Waals surface area (Å²) >= 11 is 1.75. The van der Waals surface area contributed by atoms with E-state index in [0.717, 1.165) is 42.8 Å². The largest absolute Gasteiger partial charge is 0.349 e. The molecule has 1 amide bonds. The molecule has 0 saturated heterocycles. The molecule has 0 unspecified atom stereocenters. The molecule has 1 aromatic carbocycles. The first-order valence-corrected chi connectivity index (χ1v) is 9.46. The summed E-state index contributed by atoms with van der Waals surface area (Å²) in [6.45, 7) is 2.12. The number of carbonyl (C=O) groups excluding carboxylic acids is 1. The second-order valence-corrected chi connectivity index (χ2v) is 7.41. The summed E-state index contributed by atoms with van der Waals surface area (Å²) in [5.74, 6) is 0.0418. The zero-order valence-electron chi connectivity index (χ0n) is 13.9. The lowest BCUT2D eigenvalue weighted by Gasteiger charge is -2.28. The van der Waals surface area contributed by atoms with E-state index in [1.165, 1.54) is 5.56 Å². The Labute approximate surface area is 147 Å². The van der Waals surface area contributed by atoms with Crippen molar-refractivity contribution in [3.05, 3.63) is 53.9 Å². The van der Waals surface area contributed by atoms with E-state index in [4.69, 9.17) is 0 Å². The molecular weight excluding hydrogens is 318 g/mol. The quantitative estimate of drug-likeness (QED) is 0.839. The van der Waals surface area contributed by atoms with Crippen molar-refractivity contribution in [3.8, 4) is 0 Å². The summed E-state index contributed by atoms with van der Waals surface area (Å²) in [5, 5.41) is 4.57. The minimum absolute atomic E-state index is 0.0418. The van der Waals surface area contributed by atoms with Crippen LogP contribution in [0.2, 0.25) is 0 Å². The minimum Gasteiger partial charge on any atom is -0.349 e. The maximum Gasteiger partial charge on any atom is 0.251 e. The summed E-state index contributed by atoms with van der Waals surface area (Å²) in [6.07, 6.45) is 8.77. The number of nitrogens with one attached hydrogen (secondary N) is 1. The molecule has 1 heterocycles. The van der Waals surface area contributed by atoms with Crippen molar-refractivity contribution in [3.63, 3.8) is 0 Å². The highest BCUT2D eigenvalue weighted by Gasteiger charge is 2.24. The van der Waals surface area contributed by atoms with E-state index in [-0.39, 0.29) is 11.9 Å². The number of nitrogens with zero attached hydrogens (tertiary/aromatic N) is 2. The molecule has 2 aromatic rings. The Kier molecular flexibility index (Phi) is 5.86. The van der Waals surface area contributed by atoms with Gasteiger partial charge in [0.05, 0.1) is 0 Å². The first kappa shape index (κ1) is 17.0.